The van der Waals surface area contributed by atoms with Crippen LogP contribution in [0, 0.1) is 11.6 Å². The maximum atomic E-state index is 16.6. The molecule has 1 amide bonds. The lowest BCUT2D eigenvalue weighted by Crippen LogP contribution is -2.57. The van der Waals surface area contributed by atoms with Crippen molar-refractivity contribution in [3.8, 4) is 16.9 Å². The molecule has 2 atom stereocenters. The summed E-state index contributed by atoms with van der Waals surface area (Å²) in [6, 6.07) is 8.93. The third-order valence-electron chi connectivity index (χ3n) is 7.72. The summed E-state index contributed by atoms with van der Waals surface area (Å²) in [5, 5.41) is 1.40. The number of hydrogen-bond donors (Lipinski definition) is 0. The van der Waals surface area contributed by atoms with Gasteiger partial charge >= 0.3 is 6.09 Å². The van der Waals surface area contributed by atoms with Crippen LogP contribution in [0.25, 0.3) is 32.8 Å². The Kier molecular flexibility index (Phi) is 7.73. The van der Waals surface area contributed by atoms with Crippen LogP contribution in [-0.4, -0.2) is 65.6 Å². The number of amides is 1. The number of ether oxygens (including phenoxy) is 3. The van der Waals surface area contributed by atoms with Crippen LogP contribution < -0.4 is 9.64 Å². The minimum absolute atomic E-state index is 0.0240. The van der Waals surface area contributed by atoms with E-state index in [1.165, 1.54) is 19.2 Å². The highest BCUT2D eigenvalue weighted by Gasteiger charge is 2.45. The lowest BCUT2D eigenvalue weighted by atomic mass is 9.96. The molecule has 8 nitrogen and oxygen atoms in total. The Morgan fingerprint density at radius 3 is 2.42 bits per heavy atom. The summed E-state index contributed by atoms with van der Waals surface area (Å²) in [5.74, 6) is -0.385. The first-order chi connectivity index (χ1) is 20.4. The largest absolute Gasteiger partial charge is 0.468 e. The molecule has 2 aliphatic heterocycles. The van der Waals surface area contributed by atoms with E-state index in [9.17, 15) is 9.18 Å². The second-order valence-corrected chi connectivity index (χ2v) is 12.6. The molecule has 3 heterocycles. The van der Waals surface area contributed by atoms with Crippen molar-refractivity contribution in [2.45, 2.75) is 51.3 Å². The number of carbonyl (C=O) groups excluding carboxylic acids is 1. The lowest BCUT2D eigenvalue weighted by molar-refractivity contribution is 0.0123. The van der Waals surface area contributed by atoms with Crippen LogP contribution in [0.3, 0.4) is 0 Å². The van der Waals surface area contributed by atoms with Gasteiger partial charge in [-0.15, -0.1) is 0 Å². The fraction of sp³-hybridized carbons (Fsp3) is 0.387. The molecule has 0 spiro atoms. The smallest absolute Gasteiger partial charge is 0.410 e. The van der Waals surface area contributed by atoms with Gasteiger partial charge in [-0.3, -0.25) is 4.90 Å². The number of aromatic nitrogens is 2. The molecule has 3 aromatic carbocycles. The Labute approximate surface area is 257 Å². The highest BCUT2D eigenvalue weighted by atomic mass is 35.5. The molecule has 43 heavy (non-hydrogen) atoms. The summed E-state index contributed by atoms with van der Waals surface area (Å²) >= 11 is 13.2. The molecule has 4 aromatic rings. The van der Waals surface area contributed by atoms with Gasteiger partial charge in [-0.1, -0.05) is 17.7 Å². The summed E-state index contributed by atoms with van der Waals surface area (Å²) in [4.78, 5) is 25.5. The maximum Gasteiger partial charge on any atom is 0.410 e. The fourth-order valence-electron chi connectivity index (χ4n) is 6.05. The Hall–Kier alpha value is -3.47. The first-order valence-corrected chi connectivity index (χ1v) is 14.7. The average Bonchev–Trinajstić information content (AvgIpc) is 3.21. The van der Waals surface area contributed by atoms with E-state index in [1.807, 2.05) is 25.7 Å². The molecular weight excluding hydrogens is 601 g/mol. The number of benzene rings is 3. The average molecular weight is 632 g/mol. The Morgan fingerprint density at radius 1 is 1.02 bits per heavy atom. The molecule has 2 bridgehead atoms. The number of methoxy groups -OCH3 is 1. The first kappa shape index (κ1) is 29.6. The summed E-state index contributed by atoms with van der Waals surface area (Å²) in [6.45, 7) is 6.41. The second-order valence-electron chi connectivity index (χ2n) is 11.8. The van der Waals surface area contributed by atoms with Crippen LogP contribution in [0.2, 0.25) is 10.3 Å². The van der Waals surface area contributed by atoms with Gasteiger partial charge in [0.1, 0.15) is 28.5 Å². The minimum Gasteiger partial charge on any atom is -0.468 e. The number of piperazine rings is 1. The molecule has 0 N–H and O–H groups in total. The molecule has 6 rings (SSSR count). The quantitative estimate of drug-likeness (QED) is 0.166. The monoisotopic (exact) mass is 630 g/mol. The van der Waals surface area contributed by atoms with Gasteiger partial charge in [-0.2, -0.15) is 4.98 Å². The first-order valence-electron chi connectivity index (χ1n) is 13.9. The molecule has 2 fully saturated rings. The van der Waals surface area contributed by atoms with E-state index in [4.69, 9.17) is 37.4 Å². The van der Waals surface area contributed by atoms with Gasteiger partial charge in [-0.05, 0) is 91.9 Å². The van der Waals surface area contributed by atoms with Gasteiger partial charge in [-0.25, -0.2) is 18.6 Å². The fourth-order valence-corrected chi connectivity index (χ4v) is 6.51. The van der Waals surface area contributed by atoms with Crippen LogP contribution in [0.1, 0.15) is 33.6 Å². The van der Waals surface area contributed by atoms with Crippen molar-refractivity contribution in [2.75, 3.05) is 31.9 Å². The number of nitrogens with zero attached hydrogens (tertiary/aromatic N) is 4. The number of fused-ring (bicyclic) bond motifs is 4. The number of anilines is 1. The molecule has 0 radical (unpaired) electrons. The van der Waals surface area contributed by atoms with E-state index in [-0.39, 0.29) is 46.4 Å². The van der Waals surface area contributed by atoms with E-state index in [2.05, 4.69) is 9.97 Å². The van der Waals surface area contributed by atoms with Gasteiger partial charge < -0.3 is 19.1 Å². The van der Waals surface area contributed by atoms with Crippen molar-refractivity contribution in [3.63, 3.8) is 0 Å². The normalized spacial score (nSPS) is 18.5. The van der Waals surface area contributed by atoms with Crippen LogP contribution in [-0.2, 0) is 9.47 Å². The van der Waals surface area contributed by atoms with Gasteiger partial charge in [0, 0.05) is 31.1 Å². The van der Waals surface area contributed by atoms with Crippen molar-refractivity contribution in [3.05, 3.63) is 58.3 Å². The zero-order valence-electron chi connectivity index (χ0n) is 24.1. The SMILES string of the molecule is COCOc1cc(-c2c(Cl)cc3c(N4CC5CCC(C4)N5C(=O)OC(C)(C)C)nc(Cl)nc3c2F)c2cc(F)ccc2c1. The van der Waals surface area contributed by atoms with E-state index in [1.54, 1.807) is 29.2 Å². The van der Waals surface area contributed by atoms with Crippen molar-refractivity contribution in [2.24, 2.45) is 0 Å². The van der Waals surface area contributed by atoms with Crippen LogP contribution in [0.4, 0.5) is 19.4 Å². The van der Waals surface area contributed by atoms with Gasteiger partial charge in [0.15, 0.2) is 12.6 Å². The molecule has 0 saturated carbocycles. The summed E-state index contributed by atoms with van der Waals surface area (Å²) < 4.78 is 47.3. The standard InChI is InChI=1S/C31H30Cl2F2N4O4/c1-31(2,3)43-30(40)39-18-7-8-19(39)14-38(13-18)28-23-12-24(32)25(26(35)27(23)36-29(33)37-28)22-11-20(42-15-41-4)9-16-5-6-17(34)10-21(16)22/h5-6,9-12,18-19H,7-8,13-15H2,1-4H3. The van der Waals surface area contributed by atoms with Crippen molar-refractivity contribution in [1.82, 2.24) is 14.9 Å². The van der Waals surface area contributed by atoms with Crippen LogP contribution in [0.5, 0.6) is 5.75 Å². The predicted octanol–water partition coefficient (Wildman–Crippen LogP) is 7.61. The molecular formula is C31H30Cl2F2N4O4. The van der Waals surface area contributed by atoms with Crippen LogP contribution >= 0.6 is 23.2 Å². The van der Waals surface area contributed by atoms with E-state index in [0.29, 0.717) is 46.4 Å². The lowest BCUT2D eigenvalue weighted by Gasteiger charge is -2.42. The van der Waals surface area contributed by atoms with Gasteiger partial charge in [0.2, 0.25) is 5.28 Å². The minimum atomic E-state index is -0.724. The maximum absolute atomic E-state index is 16.6. The molecule has 2 saturated heterocycles. The van der Waals surface area contributed by atoms with E-state index < -0.39 is 17.2 Å². The number of halogens is 4. The summed E-state index contributed by atoms with van der Waals surface area (Å²) in [6.07, 6.45) is 1.27. The third-order valence-corrected chi connectivity index (χ3v) is 8.19. The molecule has 1 aromatic heterocycles. The second kappa shape index (κ2) is 11.2. The summed E-state index contributed by atoms with van der Waals surface area (Å²) in [7, 11) is 1.49. The molecule has 2 unspecified atom stereocenters. The zero-order chi connectivity index (χ0) is 30.6. The van der Waals surface area contributed by atoms with Crippen LogP contribution in [0.15, 0.2) is 36.4 Å². The Balaban J connectivity index is 1.44. The van der Waals surface area contributed by atoms with Crippen molar-refractivity contribution in [1.29, 1.82) is 0 Å². The summed E-state index contributed by atoms with van der Waals surface area (Å²) in [5.41, 5.74) is -0.275. The zero-order valence-corrected chi connectivity index (χ0v) is 25.6. The topological polar surface area (TPSA) is 77.0 Å². The number of hydrogen-bond acceptors (Lipinski definition) is 7. The number of carbonyl (C=O) groups is 1. The van der Waals surface area contributed by atoms with Crippen molar-refractivity contribution < 1.29 is 27.8 Å². The van der Waals surface area contributed by atoms with E-state index in [0.717, 1.165) is 12.8 Å². The van der Waals surface area contributed by atoms with Gasteiger partial charge in [0.25, 0.3) is 0 Å². The van der Waals surface area contributed by atoms with Gasteiger partial charge in [0.05, 0.1) is 17.1 Å². The molecule has 226 valence electrons. The third kappa shape index (κ3) is 5.63. The highest BCUT2D eigenvalue weighted by Crippen LogP contribution is 2.43. The molecule has 0 aliphatic carbocycles. The van der Waals surface area contributed by atoms with E-state index >= 15 is 4.39 Å². The predicted molar refractivity (Wildman–Crippen MR) is 162 cm³/mol. The van der Waals surface area contributed by atoms with Crippen molar-refractivity contribution >= 4 is 56.8 Å². The highest BCUT2D eigenvalue weighted by molar-refractivity contribution is 6.35. The Morgan fingerprint density at radius 2 is 1.74 bits per heavy atom. The molecule has 2 aliphatic rings. The Bertz CT molecular complexity index is 1740. The number of rotatable bonds is 5. The molecule has 12 heteroatoms.